The van der Waals surface area contributed by atoms with E-state index in [1.54, 1.807) is 12.1 Å². The zero-order chi connectivity index (χ0) is 13.8. The lowest BCUT2D eigenvalue weighted by atomic mass is 10.2. The van der Waals surface area contributed by atoms with Crippen LogP contribution in [-0.2, 0) is 11.3 Å². The van der Waals surface area contributed by atoms with Crippen molar-refractivity contribution in [2.24, 2.45) is 0 Å². The maximum Gasteiger partial charge on any atom is 0.246 e. The SMILES string of the molecule is Cc1ccc(NC(=O)Cn2cc(C=O)nn2)c(Cl)c1. The third kappa shape index (κ3) is 3.38. The molecule has 0 aliphatic rings. The second kappa shape index (κ2) is 5.62. The Morgan fingerprint density at radius 3 is 2.95 bits per heavy atom. The number of hydrogen-bond acceptors (Lipinski definition) is 4. The Labute approximate surface area is 114 Å². The van der Waals surface area contributed by atoms with Gasteiger partial charge in [-0.25, -0.2) is 4.68 Å². The second-order valence-corrected chi connectivity index (χ2v) is 4.40. The average Bonchev–Trinajstić information content (AvgIpc) is 2.80. The van der Waals surface area contributed by atoms with Gasteiger partial charge in [0.1, 0.15) is 12.2 Å². The van der Waals surface area contributed by atoms with Crippen molar-refractivity contribution >= 4 is 29.5 Å². The number of carbonyl (C=O) groups excluding carboxylic acids is 2. The van der Waals surface area contributed by atoms with Crippen LogP contribution in [0, 0.1) is 6.92 Å². The number of nitrogens with zero attached hydrogens (tertiary/aromatic N) is 3. The number of aryl methyl sites for hydroxylation is 1. The summed E-state index contributed by atoms with van der Waals surface area (Å²) in [6.07, 6.45) is 1.96. The maximum absolute atomic E-state index is 11.8. The van der Waals surface area contributed by atoms with Gasteiger partial charge in [0.05, 0.1) is 16.9 Å². The third-order valence-electron chi connectivity index (χ3n) is 2.38. The third-order valence-corrected chi connectivity index (χ3v) is 2.69. The Morgan fingerprint density at radius 1 is 1.53 bits per heavy atom. The number of nitrogens with one attached hydrogen (secondary N) is 1. The van der Waals surface area contributed by atoms with Crippen LogP contribution in [0.4, 0.5) is 5.69 Å². The molecule has 6 nitrogen and oxygen atoms in total. The van der Waals surface area contributed by atoms with E-state index >= 15 is 0 Å². The Bertz CT molecular complexity index is 624. The van der Waals surface area contributed by atoms with Crippen molar-refractivity contribution in [2.75, 3.05) is 5.32 Å². The van der Waals surface area contributed by atoms with Crippen molar-refractivity contribution < 1.29 is 9.59 Å². The highest BCUT2D eigenvalue weighted by atomic mass is 35.5. The fourth-order valence-electron chi connectivity index (χ4n) is 1.50. The molecular weight excluding hydrogens is 268 g/mol. The molecule has 0 aliphatic carbocycles. The van der Waals surface area contributed by atoms with Gasteiger partial charge in [-0.2, -0.15) is 0 Å². The van der Waals surface area contributed by atoms with E-state index in [1.165, 1.54) is 10.9 Å². The minimum Gasteiger partial charge on any atom is -0.323 e. The minimum absolute atomic E-state index is 0.0367. The molecule has 0 unspecified atom stereocenters. The zero-order valence-corrected chi connectivity index (χ0v) is 10.9. The number of rotatable bonds is 4. The van der Waals surface area contributed by atoms with Crippen molar-refractivity contribution in [1.29, 1.82) is 0 Å². The first-order chi connectivity index (χ1) is 9.08. The number of aldehydes is 1. The van der Waals surface area contributed by atoms with Crippen LogP contribution in [0.5, 0.6) is 0 Å². The van der Waals surface area contributed by atoms with Gasteiger partial charge >= 0.3 is 0 Å². The molecule has 0 radical (unpaired) electrons. The first-order valence-corrected chi connectivity index (χ1v) is 5.87. The fraction of sp³-hybridized carbons (Fsp3) is 0.167. The molecule has 2 rings (SSSR count). The van der Waals surface area contributed by atoms with Crippen LogP contribution in [0.1, 0.15) is 16.1 Å². The lowest BCUT2D eigenvalue weighted by molar-refractivity contribution is -0.116. The van der Waals surface area contributed by atoms with Crippen LogP contribution in [0.25, 0.3) is 0 Å². The quantitative estimate of drug-likeness (QED) is 0.864. The summed E-state index contributed by atoms with van der Waals surface area (Å²) in [5, 5.41) is 10.3. The molecule has 0 aliphatic heterocycles. The highest BCUT2D eigenvalue weighted by molar-refractivity contribution is 6.33. The molecule has 0 spiro atoms. The smallest absolute Gasteiger partial charge is 0.246 e. The molecule has 7 heteroatoms. The summed E-state index contributed by atoms with van der Waals surface area (Å²) in [4.78, 5) is 22.2. The van der Waals surface area contributed by atoms with Crippen LogP contribution in [0.3, 0.4) is 0 Å². The molecule has 0 atom stereocenters. The molecule has 1 N–H and O–H groups in total. The summed E-state index contributed by atoms with van der Waals surface area (Å²) in [6, 6.07) is 5.34. The first kappa shape index (κ1) is 13.2. The summed E-state index contributed by atoms with van der Waals surface area (Å²) in [5.41, 5.74) is 1.73. The molecule has 1 aromatic carbocycles. The van der Waals surface area contributed by atoms with Gasteiger partial charge in [0.25, 0.3) is 0 Å². The van der Waals surface area contributed by atoms with Gasteiger partial charge in [0.2, 0.25) is 5.91 Å². The van der Waals surface area contributed by atoms with Gasteiger partial charge in [0, 0.05) is 0 Å². The first-order valence-electron chi connectivity index (χ1n) is 5.50. The van der Waals surface area contributed by atoms with Crippen molar-refractivity contribution in [3.8, 4) is 0 Å². The van der Waals surface area contributed by atoms with E-state index in [0.717, 1.165) is 5.56 Å². The van der Waals surface area contributed by atoms with Crippen LogP contribution >= 0.6 is 11.6 Å². The normalized spacial score (nSPS) is 10.2. The number of aromatic nitrogens is 3. The van der Waals surface area contributed by atoms with E-state index in [4.69, 9.17) is 11.6 Å². The average molecular weight is 279 g/mol. The summed E-state index contributed by atoms with van der Waals surface area (Å²) in [7, 11) is 0. The molecule has 0 saturated heterocycles. The van der Waals surface area contributed by atoms with Gasteiger partial charge in [-0.15, -0.1) is 5.10 Å². The lowest BCUT2D eigenvalue weighted by Gasteiger charge is -2.07. The predicted molar refractivity (Wildman–Crippen MR) is 70.2 cm³/mol. The highest BCUT2D eigenvalue weighted by Crippen LogP contribution is 2.22. The van der Waals surface area contributed by atoms with Crippen molar-refractivity contribution in [2.45, 2.75) is 13.5 Å². The molecule has 1 aromatic heterocycles. The summed E-state index contributed by atoms with van der Waals surface area (Å²) in [6.45, 7) is 1.87. The second-order valence-electron chi connectivity index (χ2n) is 3.99. The van der Waals surface area contributed by atoms with Crippen LogP contribution in [-0.4, -0.2) is 27.2 Å². The largest absolute Gasteiger partial charge is 0.323 e. The van der Waals surface area contributed by atoms with Gasteiger partial charge in [-0.05, 0) is 24.6 Å². The van der Waals surface area contributed by atoms with Gasteiger partial charge in [0.15, 0.2) is 6.29 Å². The van der Waals surface area contributed by atoms with Crippen molar-refractivity contribution in [3.63, 3.8) is 0 Å². The molecule has 1 amide bonds. The van der Waals surface area contributed by atoms with Crippen molar-refractivity contribution in [3.05, 3.63) is 40.7 Å². The highest BCUT2D eigenvalue weighted by Gasteiger charge is 2.08. The number of amides is 1. The molecular formula is C12H11ClN4O2. The molecule has 0 saturated carbocycles. The van der Waals surface area contributed by atoms with Crippen LogP contribution in [0.2, 0.25) is 5.02 Å². The number of benzene rings is 1. The predicted octanol–water partition coefficient (Wildman–Crippen LogP) is 1.69. The summed E-state index contributed by atoms with van der Waals surface area (Å²) >= 11 is 6.01. The van der Waals surface area contributed by atoms with E-state index < -0.39 is 0 Å². The number of halogens is 1. The van der Waals surface area contributed by atoms with E-state index in [2.05, 4.69) is 15.6 Å². The van der Waals surface area contributed by atoms with Crippen molar-refractivity contribution in [1.82, 2.24) is 15.0 Å². The van der Waals surface area contributed by atoms with E-state index in [9.17, 15) is 9.59 Å². The molecule has 2 aromatic rings. The molecule has 0 bridgehead atoms. The van der Waals surface area contributed by atoms with E-state index in [-0.39, 0.29) is 18.1 Å². The Morgan fingerprint density at radius 2 is 2.32 bits per heavy atom. The van der Waals surface area contributed by atoms with Crippen LogP contribution < -0.4 is 5.32 Å². The standard InChI is InChI=1S/C12H11ClN4O2/c1-8-2-3-11(10(13)4-8)14-12(19)6-17-5-9(7-18)15-16-17/h2-5,7H,6H2,1H3,(H,14,19). The van der Waals surface area contributed by atoms with E-state index in [0.29, 0.717) is 17.0 Å². The van der Waals surface area contributed by atoms with Gasteiger partial charge in [-0.3, -0.25) is 9.59 Å². The van der Waals surface area contributed by atoms with Gasteiger partial charge in [-0.1, -0.05) is 22.9 Å². The van der Waals surface area contributed by atoms with E-state index in [1.807, 2.05) is 13.0 Å². The lowest BCUT2D eigenvalue weighted by Crippen LogP contribution is -2.19. The molecule has 0 fully saturated rings. The zero-order valence-electron chi connectivity index (χ0n) is 10.1. The van der Waals surface area contributed by atoms with Crippen LogP contribution in [0.15, 0.2) is 24.4 Å². The minimum atomic E-state index is -0.298. The fourth-order valence-corrected chi connectivity index (χ4v) is 1.79. The number of hydrogen-bond donors (Lipinski definition) is 1. The molecule has 19 heavy (non-hydrogen) atoms. The Balaban J connectivity index is 2.02. The Hall–Kier alpha value is -2.21. The number of anilines is 1. The summed E-state index contributed by atoms with van der Waals surface area (Å²) < 4.78 is 1.28. The topological polar surface area (TPSA) is 76.9 Å². The Kier molecular flexibility index (Phi) is 3.91. The number of carbonyl (C=O) groups is 2. The molecule has 1 heterocycles. The summed E-state index contributed by atoms with van der Waals surface area (Å²) in [5.74, 6) is -0.298. The monoisotopic (exact) mass is 278 g/mol. The maximum atomic E-state index is 11.8. The van der Waals surface area contributed by atoms with Gasteiger partial charge < -0.3 is 5.32 Å². The molecule has 98 valence electrons.